The van der Waals surface area contributed by atoms with Crippen molar-refractivity contribution < 1.29 is 9.32 Å². The fraction of sp³-hybridized carbons (Fsp3) is 0.375. The van der Waals surface area contributed by atoms with Crippen LogP contribution < -0.4 is 0 Å². The average molecular weight is 439 g/mol. The summed E-state index contributed by atoms with van der Waals surface area (Å²) in [5.74, 6) is 1.40. The molecule has 1 aromatic heterocycles. The van der Waals surface area contributed by atoms with Crippen LogP contribution in [0.4, 0.5) is 0 Å². The molecule has 0 bridgehead atoms. The van der Waals surface area contributed by atoms with Gasteiger partial charge in [-0.1, -0.05) is 59.2 Å². The van der Waals surface area contributed by atoms with Crippen LogP contribution in [0.2, 0.25) is 5.02 Å². The van der Waals surface area contributed by atoms with Crippen molar-refractivity contribution in [1.29, 1.82) is 0 Å². The topological polar surface area (TPSA) is 62.5 Å². The van der Waals surface area contributed by atoms with Crippen molar-refractivity contribution in [3.8, 4) is 11.4 Å². The number of hydrogen-bond acceptors (Lipinski definition) is 5. The van der Waals surface area contributed by atoms with E-state index in [9.17, 15) is 4.79 Å². The summed E-state index contributed by atoms with van der Waals surface area (Å²) >= 11 is 6.19. The molecule has 1 saturated heterocycles. The average Bonchev–Trinajstić information content (AvgIpc) is 3.30. The van der Waals surface area contributed by atoms with Gasteiger partial charge in [0.05, 0.1) is 6.04 Å². The van der Waals surface area contributed by atoms with Crippen molar-refractivity contribution in [2.45, 2.75) is 32.7 Å². The molecule has 7 heteroatoms. The second-order valence-corrected chi connectivity index (χ2v) is 8.41. The van der Waals surface area contributed by atoms with Crippen molar-refractivity contribution in [3.63, 3.8) is 0 Å². The minimum absolute atomic E-state index is 0.0110. The van der Waals surface area contributed by atoms with Crippen LogP contribution >= 0.6 is 11.6 Å². The van der Waals surface area contributed by atoms with Gasteiger partial charge in [0, 0.05) is 43.2 Å². The molecular weight excluding hydrogens is 412 g/mol. The van der Waals surface area contributed by atoms with Gasteiger partial charge >= 0.3 is 0 Å². The van der Waals surface area contributed by atoms with Gasteiger partial charge in [0.1, 0.15) is 0 Å². The number of hydrogen-bond donors (Lipinski definition) is 0. The highest BCUT2D eigenvalue weighted by molar-refractivity contribution is 6.31. The van der Waals surface area contributed by atoms with E-state index < -0.39 is 0 Å². The van der Waals surface area contributed by atoms with Gasteiger partial charge in [-0.25, -0.2) is 0 Å². The number of carbonyl (C=O) groups is 1. The van der Waals surface area contributed by atoms with Crippen molar-refractivity contribution in [1.82, 2.24) is 19.9 Å². The Morgan fingerprint density at radius 3 is 2.58 bits per heavy atom. The number of nitrogens with zero attached hydrogens (tertiary/aromatic N) is 4. The number of carbonyl (C=O) groups excluding carboxylic acids is 1. The maximum atomic E-state index is 12.7. The van der Waals surface area contributed by atoms with Crippen LogP contribution in [-0.2, 0) is 11.2 Å². The molecule has 162 valence electrons. The lowest BCUT2D eigenvalue weighted by molar-refractivity contribution is -0.133. The molecule has 1 aliphatic rings. The maximum Gasteiger partial charge on any atom is 0.244 e. The number of benzene rings is 2. The molecule has 2 heterocycles. The molecule has 1 amide bonds. The molecule has 1 aliphatic heterocycles. The minimum Gasteiger partial charge on any atom is -0.340 e. The molecule has 2 aromatic carbocycles. The predicted octanol–water partition coefficient (Wildman–Crippen LogP) is 4.54. The summed E-state index contributed by atoms with van der Waals surface area (Å²) in [6.45, 7) is 7.03. The van der Waals surface area contributed by atoms with Gasteiger partial charge in [-0.05, 0) is 37.5 Å². The quantitative estimate of drug-likeness (QED) is 0.565. The summed E-state index contributed by atoms with van der Waals surface area (Å²) in [5.41, 5.74) is 3.09. The number of amides is 1. The molecule has 0 aliphatic carbocycles. The maximum absolute atomic E-state index is 12.7. The molecule has 3 aromatic rings. The van der Waals surface area contributed by atoms with Crippen LogP contribution in [0.5, 0.6) is 0 Å². The smallest absolute Gasteiger partial charge is 0.244 e. The third-order valence-corrected chi connectivity index (χ3v) is 6.32. The summed E-state index contributed by atoms with van der Waals surface area (Å²) in [7, 11) is 0. The highest BCUT2D eigenvalue weighted by Crippen LogP contribution is 2.24. The second kappa shape index (κ2) is 9.62. The lowest BCUT2D eigenvalue weighted by atomic mass is 10.1. The monoisotopic (exact) mass is 438 g/mol. The zero-order chi connectivity index (χ0) is 21.8. The van der Waals surface area contributed by atoms with Crippen molar-refractivity contribution in [3.05, 3.63) is 70.6 Å². The van der Waals surface area contributed by atoms with E-state index in [-0.39, 0.29) is 11.9 Å². The third-order valence-electron chi connectivity index (χ3n) is 5.91. The van der Waals surface area contributed by atoms with E-state index >= 15 is 0 Å². The van der Waals surface area contributed by atoms with Crippen molar-refractivity contribution in [2.75, 3.05) is 26.2 Å². The summed E-state index contributed by atoms with van der Waals surface area (Å²) < 4.78 is 5.52. The fourth-order valence-corrected chi connectivity index (χ4v) is 4.03. The molecule has 0 spiro atoms. The van der Waals surface area contributed by atoms with Crippen LogP contribution in [0.25, 0.3) is 11.4 Å². The van der Waals surface area contributed by atoms with Gasteiger partial charge < -0.3 is 9.42 Å². The fourth-order valence-electron chi connectivity index (χ4n) is 3.83. The molecular formula is C24H27ClN4O2. The summed E-state index contributed by atoms with van der Waals surface area (Å²) in [5, 5.41) is 4.88. The number of halogens is 1. The molecule has 1 unspecified atom stereocenters. The standard InChI is InChI=1S/C24H27ClN4O2/c1-17-8-9-19(16-21(17)25)10-11-22(30)29-14-12-28(13-15-29)18(2)24-26-23(27-31-24)20-6-4-3-5-7-20/h3-9,16,18H,10-15H2,1-2H3. The zero-order valence-electron chi connectivity index (χ0n) is 17.9. The number of rotatable bonds is 6. The Hall–Kier alpha value is -2.70. The van der Waals surface area contributed by atoms with Gasteiger partial charge in [0.15, 0.2) is 0 Å². The first-order chi connectivity index (χ1) is 15.0. The van der Waals surface area contributed by atoms with Gasteiger partial charge in [0.2, 0.25) is 17.6 Å². The normalized spacial score (nSPS) is 15.8. The Morgan fingerprint density at radius 2 is 1.87 bits per heavy atom. The Morgan fingerprint density at radius 1 is 1.13 bits per heavy atom. The zero-order valence-corrected chi connectivity index (χ0v) is 18.7. The van der Waals surface area contributed by atoms with Crippen LogP contribution in [0.15, 0.2) is 53.1 Å². The summed E-state index contributed by atoms with van der Waals surface area (Å²) in [6.07, 6.45) is 1.21. The molecule has 0 saturated carbocycles. The number of aryl methyl sites for hydroxylation is 2. The second-order valence-electron chi connectivity index (χ2n) is 8.00. The first kappa shape index (κ1) is 21.5. The highest BCUT2D eigenvalue weighted by Gasteiger charge is 2.27. The van der Waals surface area contributed by atoms with Crippen molar-refractivity contribution in [2.24, 2.45) is 0 Å². The van der Waals surface area contributed by atoms with E-state index in [1.807, 2.05) is 60.4 Å². The Labute approximate surface area is 187 Å². The van der Waals surface area contributed by atoms with Crippen LogP contribution in [0, 0.1) is 6.92 Å². The lowest BCUT2D eigenvalue weighted by Crippen LogP contribution is -2.49. The first-order valence-electron chi connectivity index (χ1n) is 10.7. The third kappa shape index (κ3) is 5.14. The van der Waals surface area contributed by atoms with E-state index in [1.54, 1.807) is 0 Å². The Kier molecular flexibility index (Phi) is 6.68. The predicted molar refractivity (Wildman–Crippen MR) is 121 cm³/mol. The van der Waals surface area contributed by atoms with E-state index in [2.05, 4.69) is 22.0 Å². The number of aromatic nitrogens is 2. The van der Waals surface area contributed by atoms with Crippen LogP contribution in [0.3, 0.4) is 0 Å². The van der Waals surface area contributed by atoms with Crippen LogP contribution in [-0.4, -0.2) is 52.0 Å². The van der Waals surface area contributed by atoms with E-state index in [0.717, 1.165) is 34.8 Å². The van der Waals surface area contributed by atoms with Crippen molar-refractivity contribution >= 4 is 17.5 Å². The SMILES string of the molecule is Cc1ccc(CCC(=O)N2CCN(C(C)c3nc(-c4ccccc4)no3)CC2)cc1Cl. The van der Waals surface area contributed by atoms with Gasteiger partial charge in [-0.2, -0.15) is 4.98 Å². The van der Waals surface area contributed by atoms with E-state index in [0.29, 0.717) is 37.6 Å². The van der Waals surface area contributed by atoms with Gasteiger partial charge in [-0.3, -0.25) is 9.69 Å². The Balaban J connectivity index is 1.28. The highest BCUT2D eigenvalue weighted by atomic mass is 35.5. The Bertz CT molecular complexity index is 1030. The molecule has 1 fully saturated rings. The molecule has 1 atom stereocenters. The first-order valence-corrected chi connectivity index (χ1v) is 11.0. The van der Waals surface area contributed by atoms with E-state index in [1.165, 1.54) is 0 Å². The van der Waals surface area contributed by atoms with Crippen LogP contribution in [0.1, 0.15) is 36.4 Å². The lowest BCUT2D eigenvalue weighted by Gasteiger charge is -2.36. The molecule has 0 N–H and O–H groups in total. The largest absolute Gasteiger partial charge is 0.340 e. The summed E-state index contributed by atoms with van der Waals surface area (Å²) in [6, 6.07) is 15.8. The number of piperazine rings is 1. The molecule has 0 radical (unpaired) electrons. The van der Waals surface area contributed by atoms with E-state index in [4.69, 9.17) is 16.1 Å². The van der Waals surface area contributed by atoms with Gasteiger partial charge in [0.25, 0.3) is 0 Å². The summed E-state index contributed by atoms with van der Waals surface area (Å²) in [4.78, 5) is 21.5. The minimum atomic E-state index is 0.0110. The van der Waals surface area contributed by atoms with Gasteiger partial charge in [-0.15, -0.1) is 0 Å². The molecule has 31 heavy (non-hydrogen) atoms. The molecule has 6 nitrogen and oxygen atoms in total. The molecule has 4 rings (SSSR count).